The van der Waals surface area contributed by atoms with Crippen molar-refractivity contribution in [2.75, 3.05) is 32.6 Å². The first-order valence-electron chi connectivity index (χ1n) is 22.9. The van der Waals surface area contributed by atoms with E-state index >= 15 is 0 Å². The van der Waals surface area contributed by atoms with Crippen molar-refractivity contribution in [2.24, 2.45) is 16.2 Å². The first kappa shape index (κ1) is 44.9. The van der Waals surface area contributed by atoms with Crippen LogP contribution in [0.4, 0.5) is 15.3 Å². The second-order valence-corrected chi connectivity index (χ2v) is 20.3. The van der Waals surface area contributed by atoms with Crippen LogP contribution in [0, 0.1) is 11.8 Å². The average Bonchev–Trinajstić information content (AvgIpc) is 4.18. The number of sulfonamides is 1. The molecule has 4 amide bonds. The number of methoxy groups -OCH3 is 2. The summed E-state index contributed by atoms with van der Waals surface area (Å²) in [5.41, 5.74) is 8.18. The van der Waals surface area contributed by atoms with Crippen LogP contribution >= 0.6 is 0 Å². The highest BCUT2D eigenvalue weighted by Gasteiger charge is 2.43. The molecular formula is C48H57N9O8S. The van der Waals surface area contributed by atoms with Gasteiger partial charge in [-0.2, -0.15) is 8.42 Å². The SMILES string of the molecule is COC(=O)NC(C(=O)N1CCC[C@H]1c1ncc(-c2ccc(-c3ncc(-c4ccc5c(c4)S(=O)(=O)N=C([C@@H]4CCCN4C(=O)[C@@H](NC(=O)OC)C(C)C)N5)c4c3C3CCC4C3)cc2)[nH]1)C(C)C. The first-order valence-corrected chi connectivity index (χ1v) is 24.4. The van der Waals surface area contributed by atoms with Crippen LogP contribution in [0.2, 0.25) is 0 Å². The fourth-order valence-corrected chi connectivity index (χ4v) is 11.9. The summed E-state index contributed by atoms with van der Waals surface area (Å²) in [4.78, 5) is 68.3. The number of aromatic nitrogens is 3. The zero-order valence-corrected chi connectivity index (χ0v) is 38.9. The molecule has 2 aromatic heterocycles. The minimum absolute atomic E-state index is 0.0631. The first-order chi connectivity index (χ1) is 31.7. The Morgan fingerprint density at radius 2 is 1.30 bits per heavy atom. The van der Waals surface area contributed by atoms with Crippen molar-refractivity contribution in [1.82, 2.24) is 35.4 Å². The number of fused-ring (bicyclic) bond motifs is 6. The van der Waals surface area contributed by atoms with Gasteiger partial charge in [0.2, 0.25) is 11.8 Å². The number of carbonyl (C=O) groups excluding carboxylic acids is 4. The van der Waals surface area contributed by atoms with Crippen molar-refractivity contribution < 1.29 is 37.1 Å². The molecule has 4 N–H and O–H groups in total. The quantitative estimate of drug-likeness (QED) is 0.119. The summed E-state index contributed by atoms with van der Waals surface area (Å²) in [5, 5.41) is 8.58. The molecule has 2 saturated heterocycles. The normalized spacial score (nSPS) is 22.3. The summed E-state index contributed by atoms with van der Waals surface area (Å²) in [6.45, 7) is 8.41. The molecule has 17 nitrogen and oxygen atoms in total. The Morgan fingerprint density at radius 1 is 0.727 bits per heavy atom. The van der Waals surface area contributed by atoms with Crippen molar-refractivity contribution in [3.8, 4) is 33.6 Å². The molecule has 6 atom stereocenters. The fraction of sp³-hybridized carbons (Fsp3) is 0.479. The summed E-state index contributed by atoms with van der Waals surface area (Å²) < 4.78 is 41.8. The Bertz CT molecular complexity index is 2720. The highest BCUT2D eigenvalue weighted by molar-refractivity contribution is 7.90. The number of likely N-dealkylation sites (tertiary alicyclic amines) is 2. The largest absolute Gasteiger partial charge is 0.453 e. The second kappa shape index (κ2) is 17.8. The van der Waals surface area contributed by atoms with Crippen LogP contribution in [-0.2, 0) is 29.1 Å². The molecule has 0 spiro atoms. The number of carbonyl (C=O) groups is 4. The van der Waals surface area contributed by atoms with Crippen molar-refractivity contribution in [3.05, 3.63) is 71.8 Å². The summed E-state index contributed by atoms with van der Waals surface area (Å²) in [5.74, 6) is 0.725. The van der Waals surface area contributed by atoms with E-state index in [1.807, 2.05) is 52.1 Å². The number of anilines is 1. The third-order valence-corrected chi connectivity index (χ3v) is 15.3. The van der Waals surface area contributed by atoms with Gasteiger partial charge in [0.15, 0.2) is 0 Å². The number of rotatable bonds is 11. The summed E-state index contributed by atoms with van der Waals surface area (Å²) in [6.07, 6.45) is 8.21. The van der Waals surface area contributed by atoms with Crippen LogP contribution in [0.5, 0.6) is 0 Å². The molecular weight excluding hydrogens is 863 g/mol. The summed E-state index contributed by atoms with van der Waals surface area (Å²) >= 11 is 0. The lowest BCUT2D eigenvalue weighted by atomic mass is 9.84. The van der Waals surface area contributed by atoms with Gasteiger partial charge >= 0.3 is 12.2 Å². The van der Waals surface area contributed by atoms with Gasteiger partial charge in [-0.25, -0.2) is 14.6 Å². The Morgan fingerprint density at radius 3 is 1.92 bits per heavy atom. The number of benzene rings is 2. The van der Waals surface area contributed by atoms with E-state index in [1.54, 1.807) is 28.1 Å². The number of H-pyrrole nitrogens is 1. The van der Waals surface area contributed by atoms with Gasteiger partial charge in [0, 0.05) is 30.4 Å². The molecule has 9 rings (SSSR count). The molecule has 3 unspecified atom stereocenters. The lowest BCUT2D eigenvalue weighted by Gasteiger charge is -2.32. The average molecular weight is 920 g/mol. The Balaban J connectivity index is 0.949. The van der Waals surface area contributed by atoms with Crippen LogP contribution in [0.1, 0.15) is 107 Å². The highest BCUT2D eigenvalue weighted by atomic mass is 32.2. The zero-order chi connectivity index (χ0) is 46.6. The fourth-order valence-electron chi connectivity index (χ4n) is 10.7. The molecule has 18 heteroatoms. The molecule has 5 aliphatic rings. The van der Waals surface area contributed by atoms with E-state index in [1.165, 1.54) is 25.3 Å². The van der Waals surface area contributed by atoms with E-state index in [0.717, 1.165) is 65.7 Å². The van der Waals surface area contributed by atoms with Gasteiger partial charge in [-0.05, 0) is 103 Å². The van der Waals surface area contributed by atoms with Crippen LogP contribution in [0.3, 0.4) is 0 Å². The minimum atomic E-state index is -4.16. The van der Waals surface area contributed by atoms with Crippen LogP contribution < -0.4 is 16.0 Å². The number of hydrogen-bond donors (Lipinski definition) is 4. The predicted octanol–water partition coefficient (Wildman–Crippen LogP) is 7.10. The smallest absolute Gasteiger partial charge is 0.407 e. The topological polar surface area (TPSA) is 217 Å². The molecule has 2 aromatic carbocycles. The van der Waals surface area contributed by atoms with Crippen molar-refractivity contribution in [2.45, 2.75) is 114 Å². The number of imidazole rings is 1. The van der Waals surface area contributed by atoms with Gasteiger partial charge in [0.05, 0.1) is 49.6 Å². The predicted molar refractivity (Wildman–Crippen MR) is 247 cm³/mol. The Labute approximate surface area is 384 Å². The molecule has 0 radical (unpaired) electrons. The lowest BCUT2D eigenvalue weighted by Crippen LogP contribution is -2.54. The second-order valence-electron chi connectivity index (χ2n) is 18.7. The number of ether oxygens (including phenoxy) is 2. The highest BCUT2D eigenvalue weighted by Crippen LogP contribution is 2.58. The number of nitrogens with zero attached hydrogens (tertiary/aromatic N) is 5. The van der Waals surface area contributed by atoms with Crippen molar-refractivity contribution >= 4 is 45.5 Å². The maximum atomic E-state index is 14.0. The minimum Gasteiger partial charge on any atom is -0.453 e. The van der Waals surface area contributed by atoms with E-state index in [0.29, 0.717) is 49.3 Å². The molecule has 5 heterocycles. The number of amidine groups is 1. The van der Waals surface area contributed by atoms with Gasteiger partial charge in [0.25, 0.3) is 10.0 Å². The molecule has 3 aliphatic heterocycles. The van der Waals surface area contributed by atoms with Crippen molar-refractivity contribution in [3.63, 3.8) is 0 Å². The van der Waals surface area contributed by atoms with Gasteiger partial charge in [-0.3, -0.25) is 14.6 Å². The van der Waals surface area contributed by atoms with Gasteiger partial charge < -0.3 is 40.2 Å². The van der Waals surface area contributed by atoms with Gasteiger partial charge in [0.1, 0.15) is 28.6 Å². The molecule has 2 bridgehead atoms. The van der Waals surface area contributed by atoms with E-state index in [4.69, 9.17) is 19.4 Å². The van der Waals surface area contributed by atoms with Gasteiger partial charge in [-0.15, -0.1) is 4.40 Å². The summed E-state index contributed by atoms with van der Waals surface area (Å²) in [6, 6.07) is 11.2. The number of amides is 4. The zero-order valence-electron chi connectivity index (χ0n) is 38.1. The number of pyridine rings is 1. The molecule has 66 heavy (non-hydrogen) atoms. The Kier molecular flexibility index (Phi) is 12.1. The van der Waals surface area contributed by atoms with Crippen LogP contribution in [0.25, 0.3) is 33.6 Å². The molecule has 348 valence electrons. The monoisotopic (exact) mass is 919 g/mol. The molecule has 4 aromatic rings. The van der Waals surface area contributed by atoms with Crippen LogP contribution in [0.15, 0.2) is 64.2 Å². The number of hydrogen-bond acceptors (Lipinski definition) is 11. The van der Waals surface area contributed by atoms with Gasteiger partial charge in [-0.1, -0.05) is 58.0 Å². The maximum Gasteiger partial charge on any atom is 0.407 e. The third kappa shape index (κ3) is 8.17. The third-order valence-electron chi connectivity index (χ3n) is 14.0. The van der Waals surface area contributed by atoms with E-state index < -0.39 is 40.3 Å². The summed E-state index contributed by atoms with van der Waals surface area (Å²) in [7, 11) is -1.63. The molecule has 1 saturated carbocycles. The maximum absolute atomic E-state index is 14.0. The molecule has 2 aliphatic carbocycles. The standard InChI is InChI=1S/C48H57N9O8S/c1-25(2)40(53-47(60)64-5)45(58)56-19-7-9-35(56)43-50-24-34(52-43)27-11-13-28(14-12-27)42-39-31-16-15-30(21-31)38(39)32(23-49-42)29-17-18-33-37(22-29)66(62,63)55-44(51-33)36-10-8-20-57(36)46(59)41(26(3)4)54-48(61)65-6/h11-14,17-18,22-26,30-31,35-36,40-41H,7-10,15-16,19-21H2,1-6H3,(H,50,52)(H,51,55)(H,53,60)(H,54,61)/t30?,31?,35-,36-,40?,41-/m0/s1. The molecule has 3 fully saturated rings. The Hall–Kier alpha value is -6.30. The van der Waals surface area contributed by atoms with E-state index in [2.05, 4.69) is 37.5 Å². The number of aromatic amines is 1. The van der Waals surface area contributed by atoms with Crippen molar-refractivity contribution in [1.29, 1.82) is 0 Å². The van der Waals surface area contributed by atoms with E-state index in [9.17, 15) is 27.6 Å². The van der Waals surface area contributed by atoms with E-state index in [-0.39, 0.29) is 40.4 Å². The number of alkyl carbamates (subject to hydrolysis) is 2. The lowest BCUT2D eigenvalue weighted by molar-refractivity contribution is -0.135. The van der Waals surface area contributed by atoms with Crippen LogP contribution in [-0.4, -0.2) is 108 Å². The number of nitrogens with one attached hydrogen (secondary N) is 4.